The van der Waals surface area contributed by atoms with Crippen molar-refractivity contribution in [3.8, 4) is 0 Å². The van der Waals surface area contributed by atoms with Gasteiger partial charge in [0, 0.05) is 0 Å². The molecule has 1 N–H and O–H groups in total. The first-order chi connectivity index (χ1) is 10.6. The van der Waals surface area contributed by atoms with E-state index in [1.807, 2.05) is 24.3 Å². The van der Waals surface area contributed by atoms with Crippen LogP contribution >= 0.6 is 0 Å². The van der Waals surface area contributed by atoms with Crippen LogP contribution in [0.15, 0.2) is 42.5 Å². The number of hydrogen-bond donors (Lipinski definition) is 1. The molecule has 0 radical (unpaired) electrons. The van der Waals surface area contributed by atoms with Gasteiger partial charge in [0.25, 0.3) is 0 Å². The van der Waals surface area contributed by atoms with E-state index in [-0.39, 0.29) is 11.9 Å². The summed E-state index contributed by atoms with van der Waals surface area (Å²) in [6.07, 6.45) is 4.07. The third-order valence-corrected chi connectivity index (χ3v) is 4.49. The molecule has 0 spiro atoms. The predicted octanol–water partition coefficient (Wildman–Crippen LogP) is 3.90. The highest BCUT2D eigenvalue weighted by Crippen LogP contribution is 2.25. The third kappa shape index (κ3) is 3.38. The average molecular weight is 293 g/mol. The first-order valence-electron chi connectivity index (χ1n) is 8.08. The Balaban J connectivity index is 1.62. The fourth-order valence-electron chi connectivity index (χ4n) is 3.13. The highest BCUT2D eigenvalue weighted by Gasteiger charge is 2.15. The molecular formula is C20H23NO. The molecule has 114 valence electrons. The SMILES string of the molecule is Cc1ccc(CC(=O)NC(C)c2ccc3c(c2)CCC3)cc1. The summed E-state index contributed by atoms with van der Waals surface area (Å²) in [6, 6.07) is 14.8. The summed E-state index contributed by atoms with van der Waals surface area (Å²) in [5, 5.41) is 3.11. The summed E-state index contributed by atoms with van der Waals surface area (Å²) in [7, 11) is 0. The molecule has 1 unspecified atom stereocenters. The molecular weight excluding hydrogens is 270 g/mol. The predicted molar refractivity (Wildman–Crippen MR) is 89.9 cm³/mol. The molecule has 1 atom stereocenters. The molecule has 0 aliphatic heterocycles. The Morgan fingerprint density at radius 2 is 1.82 bits per heavy atom. The quantitative estimate of drug-likeness (QED) is 0.910. The van der Waals surface area contributed by atoms with E-state index in [0.29, 0.717) is 6.42 Å². The van der Waals surface area contributed by atoms with E-state index in [4.69, 9.17) is 0 Å². The number of hydrogen-bond acceptors (Lipinski definition) is 1. The van der Waals surface area contributed by atoms with Crippen LogP contribution in [0.4, 0.5) is 0 Å². The minimum absolute atomic E-state index is 0.0591. The van der Waals surface area contributed by atoms with Crippen LogP contribution in [0, 0.1) is 6.92 Å². The zero-order valence-electron chi connectivity index (χ0n) is 13.4. The number of benzene rings is 2. The topological polar surface area (TPSA) is 29.1 Å². The summed E-state index contributed by atoms with van der Waals surface area (Å²) >= 11 is 0. The Bertz CT molecular complexity index is 673. The van der Waals surface area contributed by atoms with E-state index in [2.05, 4.69) is 37.4 Å². The Kier molecular flexibility index (Phi) is 4.28. The van der Waals surface area contributed by atoms with Gasteiger partial charge in [0.05, 0.1) is 12.5 Å². The Morgan fingerprint density at radius 1 is 1.09 bits per heavy atom. The second-order valence-electron chi connectivity index (χ2n) is 6.33. The van der Waals surface area contributed by atoms with Gasteiger partial charge in [0.1, 0.15) is 0 Å². The average Bonchev–Trinajstić information content (AvgIpc) is 2.97. The van der Waals surface area contributed by atoms with Crippen molar-refractivity contribution in [3.05, 3.63) is 70.3 Å². The molecule has 1 amide bonds. The summed E-state index contributed by atoms with van der Waals surface area (Å²) in [5.41, 5.74) is 6.41. The summed E-state index contributed by atoms with van der Waals surface area (Å²) in [4.78, 5) is 12.2. The van der Waals surface area contributed by atoms with Crippen LogP contribution in [0.5, 0.6) is 0 Å². The highest BCUT2D eigenvalue weighted by molar-refractivity contribution is 5.79. The number of carbonyl (C=O) groups is 1. The number of rotatable bonds is 4. The fraction of sp³-hybridized carbons (Fsp3) is 0.350. The van der Waals surface area contributed by atoms with Crippen molar-refractivity contribution in [2.24, 2.45) is 0 Å². The minimum atomic E-state index is 0.0591. The molecule has 2 nitrogen and oxygen atoms in total. The zero-order valence-corrected chi connectivity index (χ0v) is 13.4. The van der Waals surface area contributed by atoms with Crippen LogP contribution in [-0.2, 0) is 24.1 Å². The van der Waals surface area contributed by atoms with Gasteiger partial charge in [-0.1, -0.05) is 48.0 Å². The number of fused-ring (bicyclic) bond motifs is 1. The summed E-state index contributed by atoms with van der Waals surface area (Å²) < 4.78 is 0. The van der Waals surface area contributed by atoms with Gasteiger partial charge in [0.2, 0.25) is 5.91 Å². The van der Waals surface area contributed by atoms with Crippen molar-refractivity contribution in [2.75, 3.05) is 0 Å². The first kappa shape index (κ1) is 14.8. The largest absolute Gasteiger partial charge is 0.349 e. The highest BCUT2D eigenvalue weighted by atomic mass is 16.1. The van der Waals surface area contributed by atoms with Gasteiger partial charge in [-0.3, -0.25) is 4.79 Å². The van der Waals surface area contributed by atoms with E-state index < -0.39 is 0 Å². The van der Waals surface area contributed by atoms with E-state index in [1.54, 1.807) is 0 Å². The maximum atomic E-state index is 12.2. The first-order valence-corrected chi connectivity index (χ1v) is 8.08. The molecule has 0 aromatic heterocycles. The van der Waals surface area contributed by atoms with Crippen LogP contribution in [-0.4, -0.2) is 5.91 Å². The van der Waals surface area contributed by atoms with Gasteiger partial charge >= 0.3 is 0 Å². The van der Waals surface area contributed by atoms with Gasteiger partial charge in [-0.25, -0.2) is 0 Å². The number of carbonyl (C=O) groups excluding carboxylic acids is 1. The molecule has 1 aliphatic carbocycles. The van der Waals surface area contributed by atoms with Crippen LogP contribution in [0.1, 0.15) is 47.2 Å². The van der Waals surface area contributed by atoms with Gasteiger partial charge in [-0.15, -0.1) is 0 Å². The molecule has 0 saturated heterocycles. The van der Waals surface area contributed by atoms with Crippen molar-refractivity contribution in [2.45, 2.75) is 45.6 Å². The standard InChI is InChI=1S/C20H23NO/c1-14-6-8-16(9-7-14)12-20(22)21-15(2)18-11-10-17-4-3-5-19(17)13-18/h6-11,13,15H,3-5,12H2,1-2H3,(H,21,22). The maximum absolute atomic E-state index is 12.2. The molecule has 3 rings (SSSR count). The van der Waals surface area contributed by atoms with E-state index in [9.17, 15) is 4.79 Å². The number of nitrogens with one attached hydrogen (secondary N) is 1. The summed E-state index contributed by atoms with van der Waals surface area (Å²) in [5.74, 6) is 0.0804. The third-order valence-electron chi connectivity index (χ3n) is 4.49. The second-order valence-corrected chi connectivity index (χ2v) is 6.33. The van der Waals surface area contributed by atoms with Crippen molar-refractivity contribution in [1.82, 2.24) is 5.32 Å². The van der Waals surface area contributed by atoms with Gasteiger partial charge in [-0.2, -0.15) is 0 Å². The zero-order chi connectivity index (χ0) is 15.5. The van der Waals surface area contributed by atoms with Crippen LogP contribution in [0.2, 0.25) is 0 Å². The molecule has 0 heterocycles. The molecule has 0 bridgehead atoms. The van der Waals surface area contributed by atoms with Gasteiger partial charge in [-0.05, 0) is 55.4 Å². The molecule has 2 aromatic carbocycles. The molecule has 0 fully saturated rings. The fourth-order valence-corrected chi connectivity index (χ4v) is 3.13. The van der Waals surface area contributed by atoms with E-state index in [1.165, 1.54) is 41.5 Å². The molecule has 0 saturated carbocycles. The Morgan fingerprint density at radius 3 is 2.59 bits per heavy atom. The van der Waals surface area contributed by atoms with E-state index in [0.717, 1.165) is 5.56 Å². The van der Waals surface area contributed by atoms with Gasteiger partial charge in [0.15, 0.2) is 0 Å². The minimum Gasteiger partial charge on any atom is -0.349 e. The van der Waals surface area contributed by atoms with Crippen molar-refractivity contribution < 1.29 is 4.79 Å². The van der Waals surface area contributed by atoms with Crippen molar-refractivity contribution in [1.29, 1.82) is 0 Å². The molecule has 22 heavy (non-hydrogen) atoms. The van der Waals surface area contributed by atoms with Gasteiger partial charge < -0.3 is 5.32 Å². The Hall–Kier alpha value is -2.09. The van der Waals surface area contributed by atoms with Crippen LogP contribution < -0.4 is 5.32 Å². The van der Waals surface area contributed by atoms with E-state index >= 15 is 0 Å². The maximum Gasteiger partial charge on any atom is 0.224 e. The van der Waals surface area contributed by atoms with Crippen LogP contribution in [0.3, 0.4) is 0 Å². The Labute approximate surface area is 132 Å². The lowest BCUT2D eigenvalue weighted by atomic mass is 10.0. The smallest absolute Gasteiger partial charge is 0.224 e. The van der Waals surface area contributed by atoms with Crippen LogP contribution in [0.25, 0.3) is 0 Å². The molecule has 2 heteroatoms. The van der Waals surface area contributed by atoms with Crippen molar-refractivity contribution >= 4 is 5.91 Å². The lowest BCUT2D eigenvalue weighted by Crippen LogP contribution is -2.28. The lowest BCUT2D eigenvalue weighted by molar-refractivity contribution is -0.121. The monoisotopic (exact) mass is 293 g/mol. The molecule has 2 aromatic rings. The number of aryl methyl sites for hydroxylation is 3. The number of amides is 1. The summed E-state index contributed by atoms with van der Waals surface area (Å²) in [6.45, 7) is 4.11. The lowest BCUT2D eigenvalue weighted by Gasteiger charge is -2.16. The second kappa shape index (κ2) is 6.35. The normalized spacial score (nSPS) is 14.5. The van der Waals surface area contributed by atoms with Crippen molar-refractivity contribution in [3.63, 3.8) is 0 Å². The molecule has 1 aliphatic rings.